The topological polar surface area (TPSA) is 831 Å². The molecule has 3 aromatic carbocycles. The Morgan fingerprint density at radius 2 is 0.686 bits per heavy atom. The number of carbonyl (C=O) groups is 4. The van der Waals surface area contributed by atoms with Crippen LogP contribution in [0.25, 0.3) is 0 Å². The lowest BCUT2D eigenvalue weighted by molar-refractivity contribution is -0.138. The number of nitrogens with two attached hydrogens (primary N) is 1. The van der Waals surface area contributed by atoms with E-state index in [2.05, 4.69) is 333 Å². The summed E-state index contributed by atoms with van der Waals surface area (Å²) in [4.78, 5) is 44.6. The zero-order valence-corrected chi connectivity index (χ0v) is 56.9. The van der Waals surface area contributed by atoms with E-state index in [0.29, 0.717) is 49.1 Å². The molecule has 0 unspecified atom stereocenters. The number of unbranched alkanes of at least 4 members (excludes halogenated alkanes) is 2. The highest BCUT2D eigenvalue weighted by atomic mass is 79.9. The number of hydrogen-bond donors (Lipinski definition) is 3. The van der Waals surface area contributed by atoms with Crippen LogP contribution in [0.15, 0.2) is 372 Å². The minimum Gasteiger partial charge on any atom is -0.494 e. The summed E-state index contributed by atoms with van der Waals surface area (Å²) < 4.78 is 26.8. The largest absolute Gasteiger partial charge is 0.494 e. The highest BCUT2D eigenvalue weighted by molar-refractivity contribution is 9.11. The van der Waals surface area contributed by atoms with Gasteiger partial charge < -0.3 is 34.8 Å². The van der Waals surface area contributed by atoms with E-state index in [4.69, 9.17) is 29.2 Å². The van der Waals surface area contributed by atoms with Crippen molar-refractivity contribution in [2.75, 3.05) is 40.6 Å². The molecule has 0 saturated heterocycles. The maximum Gasteiger partial charge on any atom is 0.343 e. The zero-order chi connectivity index (χ0) is 76.8. The lowest BCUT2D eigenvalue weighted by Gasteiger charge is -2.09. The van der Waals surface area contributed by atoms with Crippen molar-refractivity contribution in [2.24, 2.45) is 283 Å². The van der Waals surface area contributed by atoms with Gasteiger partial charge in [0.1, 0.15) is 5.75 Å². The summed E-state index contributed by atoms with van der Waals surface area (Å²) >= 11 is 6.81. The van der Waals surface area contributed by atoms with Gasteiger partial charge in [0.2, 0.25) is 0 Å². The number of aryl methyl sites for hydroxylation is 2. The lowest BCUT2D eigenvalue weighted by atomic mass is 10.1. The third-order valence-corrected chi connectivity index (χ3v) is 9.61. The molecule has 0 aliphatic heterocycles. The third-order valence-electron chi connectivity index (χ3n) is 8.44. The van der Waals surface area contributed by atoms with Crippen molar-refractivity contribution in [3.63, 3.8) is 0 Å². The second-order valence-corrected chi connectivity index (χ2v) is 16.9. The number of hydrogen-bond acceptors (Lipinski definition) is 11. The molecule has 3 rings (SSSR count). The Morgan fingerprint density at radius 1 is 0.410 bits per heavy atom. The minimum atomic E-state index is -0.407. The van der Waals surface area contributed by atoms with E-state index in [1.807, 2.05) is 38.1 Å². The van der Waals surface area contributed by atoms with Crippen LogP contribution < -0.4 is 20.6 Å². The van der Waals surface area contributed by atoms with E-state index in [1.54, 1.807) is 50.6 Å². The van der Waals surface area contributed by atoms with Gasteiger partial charge >= 0.3 is 17.9 Å². The first-order chi connectivity index (χ1) is 51.4. The second kappa shape index (κ2) is 68.7. The van der Waals surface area contributed by atoms with Gasteiger partial charge in [-0.1, -0.05) is 36.1 Å². The maximum atomic E-state index is 12.1. The zero-order valence-electron chi connectivity index (χ0n) is 53.7. The molecule has 0 spiro atoms. The number of benzene rings is 3. The molecule has 0 aliphatic rings. The number of rotatable bonds is 42. The second-order valence-electron chi connectivity index (χ2n) is 15.2. The molecule has 65 nitrogen and oxygen atoms in total. The average Bonchev–Trinajstić information content (AvgIpc) is 0.853. The highest BCUT2D eigenvalue weighted by Crippen LogP contribution is 2.35. The van der Waals surface area contributed by atoms with Gasteiger partial charge in [-0.05, 0) is 204 Å². The Hall–Kier alpha value is -15.3. The van der Waals surface area contributed by atoms with Gasteiger partial charge in [0.25, 0.3) is 5.91 Å². The number of methoxy groups -OCH3 is 1. The average molecular weight is 1590 g/mol. The summed E-state index contributed by atoms with van der Waals surface area (Å²) in [7, 11) is 3.24. The smallest absolute Gasteiger partial charge is 0.343 e. The summed E-state index contributed by atoms with van der Waals surface area (Å²) in [5, 5.41) is 160. The number of ether oxygens (including phenoxy) is 5. The van der Waals surface area contributed by atoms with Crippen molar-refractivity contribution in [1.82, 2.24) is 5.32 Å². The van der Waals surface area contributed by atoms with Crippen molar-refractivity contribution in [3.05, 3.63) is 117 Å². The van der Waals surface area contributed by atoms with Crippen LogP contribution in [-0.4, -0.2) is 64.4 Å². The normalized spacial score (nSPS) is 12.7. The predicted molar refractivity (Wildman–Crippen MR) is 336 cm³/mol. The quantitative estimate of drug-likeness (QED) is 0.00915. The summed E-state index contributed by atoms with van der Waals surface area (Å²) in [5.74, 6) is 4.57. The number of halogens is 2. The van der Waals surface area contributed by atoms with Crippen molar-refractivity contribution in [1.29, 1.82) is 5.53 Å². The molecule has 67 heteroatoms. The van der Waals surface area contributed by atoms with E-state index in [-0.39, 0.29) is 17.8 Å². The highest BCUT2D eigenvalue weighted by Gasteiger charge is 2.14. The predicted octanol–water partition coefficient (Wildman–Crippen LogP) is 17.6. The summed E-state index contributed by atoms with van der Waals surface area (Å²) in [6.07, 6.45) is 5.58. The van der Waals surface area contributed by atoms with E-state index in [1.165, 1.54) is 0 Å². The Kier molecular flexibility index (Phi) is 58.7. The van der Waals surface area contributed by atoms with Crippen LogP contribution in [-0.2, 0) is 23.8 Å². The van der Waals surface area contributed by atoms with Crippen LogP contribution in [0.3, 0.4) is 0 Å². The van der Waals surface area contributed by atoms with Gasteiger partial charge in [-0.25, -0.2) is 14.4 Å². The Bertz CT molecular complexity index is 3860. The maximum absolute atomic E-state index is 12.1. The Balaban J connectivity index is 0.00000172. The van der Waals surface area contributed by atoms with Crippen LogP contribution in [0.4, 0.5) is 0 Å². The molecule has 0 bridgehead atoms. The SMILES string of the molecule is C=CC(=O)OCCCCOC.C=CC(=O)OCCCCOc1ccc(C(=O)NC)cc1.Cc1ccc(C(=O)Oc2c(Br)cc(C)cc2Br)cc1.N=N/N=N/N=N/N=N/N=N/N=N/N=N/N=N/N=N/N=N/N=N/N=N/N=N/N=N/N=N/N=N/N=N/N=N/N=N/N=N/N=N/N=N/N=N/N=N/N=N/N=N/N=N/N. The van der Waals surface area contributed by atoms with E-state index >= 15 is 0 Å². The molecule has 105 heavy (non-hydrogen) atoms. The number of nitrogens with zero attached hydrogens (tertiary/aromatic N) is 53. The molecule has 0 saturated carbocycles. The Labute approximate surface area is 598 Å². The lowest BCUT2D eigenvalue weighted by Crippen LogP contribution is -2.17. The Morgan fingerprint density at radius 3 is 0.962 bits per heavy atom. The number of carbonyl (C=O) groups excluding carboxylic acids is 4. The van der Waals surface area contributed by atoms with E-state index in [9.17, 15) is 19.2 Å². The monoisotopic (exact) mass is 1590 g/mol. The molecular weight excluding hydrogens is 1540 g/mol. The van der Waals surface area contributed by atoms with Crippen LogP contribution in [0, 0.1) is 19.4 Å². The summed E-state index contributed by atoms with van der Waals surface area (Å²) in [5.41, 5.74) is 9.56. The fourth-order valence-corrected chi connectivity index (χ4v) is 6.18. The van der Waals surface area contributed by atoms with Crippen LogP contribution in [0.2, 0.25) is 0 Å². The van der Waals surface area contributed by atoms with Gasteiger partial charge in [-0.2, -0.15) is 5.53 Å². The van der Waals surface area contributed by atoms with Crippen LogP contribution in [0.5, 0.6) is 11.5 Å². The molecule has 0 fully saturated rings. The van der Waals surface area contributed by atoms with Crippen LogP contribution >= 0.6 is 31.9 Å². The van der Waals surface area contributed by atoms with Gasteiger partial charge in [-0.15, -0.1) is 0 Å². The van der Waals surface area contributed by atoms with E-state index < -0.39 is 5.97 Å². The number of nitrogens with one attached hydrogen (secondary N) is 2. The fraction of sp³-hybridized carbons (Fsp3) is 0.316. The molecule has 0 atom stereocenters. The van der Waals surface area contributed by atoms with Crippen molar-refractivity contribution in [3.8, 4) is 11.5 Å². The molecule has 1 amide bonds. The van der Waals surface area contributed by atoms with Gasteiger partial charge in [0, 0.05) is 232 Å². The van der Waals surface area contributed by atoms with Gasteiger partial charge in [0.05, 0.1) is 34.3 Å². The van der Waals surface area contributed by atoms with Gasteiger partial charge in [-0.3, -0.25) is 4.79 Å². The first-order valence-corrected chi connectivity index (χ1v) is 28.2. The molecule has 0 aromatic heterocycles. The van der Waals surface area contributed by atoms with E-state index in [0.717, 1.165) is 57.9 Å². The van der Waals surface area contributed by atoms with Crippen LogP contribution in [0.1, 0.15) is 57.5 Å². The van der Waals surface area contributed by atoms with Crippen molar-refractivity contribution >= 4 is 55.7 Å². The number of esters is 3. The molecule has 0 radical (unpaired) electrons. The third kappa shape index (κ3) is 58.6. The minimum absolute atomic E-state index is 0.124. The van der Waals surface area contributed by atoms with Crippen molar-refractivity contribution in [2.45, 2.75) is 39.5 Å². The molecule has 548 valence electrons. The first-order valence-electron chi connectivity index (χ1n) is 26.6. The molecule has 3 aromatic rings. The number of amides is 1. The fourth-order valence-electron chi connectivity index (χ4n) is 4.60. The molecule has 4 N–H and O–H groups in total. The first kappa shape index (κ1) is 89.7. The molecule has 0 heterocycles. The van der Waals surface area contributed by atoms with Crippen molar-refractivity contribution < 1.29 is 42.9 Å². The summed E-state index contributed by atoms with van der Waals surface area (Å²) in [6, 6.07) is 18.0. The summed E-state index contributed by atoms with van der Waals surface area (Å²) in [6.45, 7) is 12.6. The standard InChI is InChI=1S/C15H12Br2O2.C15H19NO4.C8H14O3.H3N55/c1-9-3-5-11(6-4-9)15(18)19-14-12(16)7-10(2)8-13(14)17;1-3-14(17)20-11-5-4-10-19-13-8-6-12(7-9-13)15(18)16-2;1-3-8(9)11-7-5-4-6-10-2;1-3-5-7-9-11-13-15-17-19-21-23-25-27-29-31-33-35-37-39-41-43-45-47-49-51-53-55-54-52-50-48-46-44-42-40-38-36-34-32-30-28-26-24-22-20-18-16-14-12-10-8-6-4-2/h3-8H,1-2H3;3,6-9H,1,4-5,10-11H2,2H3,(H,16,18);3H,1,4-7H2,2H3;(H3,1,2,5,6,9,10,13,14,17,18,21,22,25,26,29,30,33,34,37,38,41,42,45,46,49,50,53,54). The molecule has 0 aliphatic carbocycles. The van der Waals surface area contributed by atoms with Gasteiger partial charge in [0.15, 0.2) is 5.75 Å². The molecular formula is C38H48Br2N56O9.